The molecule has 0 heterocycles. The van der Waals surface area contributed by atoms with E-state index >= 15 is 0 Å². The van der Waals surface area contributed by atoms with Crippen molar-refractivity contribution in [2.45, 2.75) is 96.8 Å². The number of ether oxygens (including phenoxy) is 1. The van der Waals surface area contributed by atoms with Gasteiger partial charge in [0.25, 0.3) is 17.1 Å². The second kappa shape index (κ2) is 15.7. The maximum atomic E-state index is 13.1. The number of non-ortho nitro benzene ring substituents is 2. The molecule has 12 heteroatoms. The van der Waals surface area contributed by atoms with Crippen molar-refractivity contribution >= 4 is 28.8 Å². The van der Waals surface area contributed by atoms with Crippen LogP contribution in [0.5, 0.6) is 0 Å². The minimum absolute atomic E-state index is 0.0392. The topological polar surface area (TPSA) is 173 Å². The summed E-state index contributed by atoms with van der Waals surface area (Å²) in [6.45, 7) is 2.26. The number of benzene rings is 2. The van der Waals surface area contributed by atoms with Crippen LogP contribution in [0, 0.1) is 30.3 Å². The molecule has 0 saturated heterocycles. The summed E-state index contributed by atoms with van der Waals surface area (Å²) in [4.78, 5) is 58.2. The van der Waals surface area contributed by atoms with E-state index in [9.17, 15) is 39.9 Å². The highest BCUT2D eigenvalue weighted by atomic mass is 16.6. The average Bonchev–Trinajstić information content (AvgIpc) is 3.25. The van der Waals surface area contributed by atoms with Gasteiger partial charge in [-0.15, -0.1) is 0 Å². The summed E-state index contributed by atoms with van der Waals surface area (Å²) in [5, 5.41) is 34.6. The van der Waals surface area contributed by atoms with Gasteiger partial charge in [0.15, 0.2) is 5.78 Å². The summed E-state index contributed by atoms with van der Waals surface area (Å²) in [6.07, 6.45) is 16.2. The van der Waals surface area contributed by atoms with Crippen LogP contribution in [0.4, 0.5) is 17.1 Å². The summed E-state index contributed by atoms with van der Waals surface area (Å²) < 4.78 is 5.36. The van der Waals surface area contributed by atoms with E-state index in [1.807, 2.05) is 0 Å². The third-order valence-electron chi connectivity index (χ3n) is 7.53. The van der Waals surface area contributed by atoms with E-state index in [0.29, 0.717) is 12.5 Å². The highest BCUT2D eigenvalue weighted by Crippen LogP contribution is 2.47. The lowest BCUT2D eigenvalue weighted by molar-refractivity contribution is -0.393. The Morgan fingerprint density at radius 2 is 1.10 bits per heavy atom. The van der Waals surface area contributed by atoms with E-state index in [0.717, 1.165) is 43.9 Å². The normalized spacial score (nSPS) is 11.7. The van der Waals surface area contributed by atoms with Crippen LogP contribution in [0.1, 0.15) is 123 Å². The van der Waals surface area contributed by atoms with Crippen LogP contribution in [0.15, 0.2) is 24.3 Å². The fraction of sp³-hybridized carbons (Fsp3) is 0.533. The van der Waals surface area contributed by atoms with Crippen LogP contribution in [-0.2, 0) is 4.74 Å². The van der Waals surface area contributed by atoms with Gasteiger partial charge in [-0.3, -0.25) is 35.1 Å². The van der Waals surface area contributed by atoms with E-state index < -0.39 is 43.6 Å². The number of carbonyl (C=O) groups is 2. The van der Waals surface area contributed by atoms with Gasteiger partial charge in [0.2, 0.25) is 0 Å². The number of nitrogens with zero attached hydrogens (tertiary/aromatic N) is 3. The number of esters is 1. The lowest BCUT2D eigenvalue weighted by atomic mass is 9.97. The molecule has 2 aromatic carbocycles. The summed E-state index contributed by atoms with van der Waals surface area (Å²) in [7, 11) is 0. The molecule has 2 aromatic rings. The van der Waals surface area contributed by atoms with Gasteiger partial charge in [0.05, 0.1) is 38.6 Å². The van der Waals surface area contributed by atoms with Gasteiger partial charge in [0.1, 0.15) is 0 Å². The number of carbonyl (C=O) groups excluding carboxylic acids is 2. The Morgan fingerprint density at radius 3 is 1.57 bits per heavy atom. The van der Waals surface area contributed by atoms with Crippen LogP contribution in [-0.4, -0.2) is 33.1 Å². The Balaban J connectivity index is 1.57. The molecule has 0 N–H and O–H groups in total. The monoisotopic (exact) mass is 583 g/mol. The number of unbranched alkanes of at least 4 members (excludes halogenated alkanes) is 13. The summed E-state index contributed by atoms with van der Waals surface area (Å²) in [5.41, 5.74) is -3.53. The van der Waals surface area contributed by atoms with Gasteiger partial charge in [0, 0.05) is 34.9 Å². The molecule has 42 heavy (non-hydrogen) atoms. The number of fused-ring (bicyclic) bond motifs is 3. The third-order valence-corrected chi connectivity index (χ3v) is 7.53. The SMILES string of the molecule is CCCCCCCCCCCCCCCCOC(=O)c1cc([N+](=O)[O-])cc2c1-c1c(cc([N+](=O)[O-])cc1[N+](=O)[O-])C2=O. The quantitative estimate of drug-likeness (QED) is 0.0582. The van der Waals surface area contributed by atoms with Gasteiger partial charge in [-0.25, -0.2) is 4.79 Å². The lowest BCUT2D eigenvalue weighted by Gasteiger charge is -2.10. The zero-order chi connectivity index (χ0) is 30.6. The fourth-order valence-electron chi connectivity index (χ4n) is 5.33. The zero-order valence-electron chi connectivity index (χ0n) is 23.9. The van der Waals surface area contributed by atoms with Gasteiger partial charge >= 0.3 is 5.97 Å². The molecule has 3 rings (SSSR count). The van der Waals surface area contributed by atoms with Gasteiger partial charge in [-0.1, -0.05) is 90.4 Å². The molecule has 0 fully saturated rings. The van der Waals surface area contributed by atoms with Gasteiger partial charge in [-0.05, 0) is 6.42 Å². The zero-order valence-corrected chi connectivity index (χ0v) is 23.9. The van der Waals surface area contributed by atoms with Crippen molar-refractivity contribution in [3.63, 3.8) is 0 Å². The first kappa shape index (κ1) is 32.3. The fourth-order valence-corrected chi connectivity index (χ4v) is 5.33. The molecule has 0 radical (unpaired) electrons. The highest BCUT2D eigenvalue weighted by molar-refractivity contribution is 6.26. The minimum atomic E-state index is -0.960. The van der Waals surface area contributed by atoms with E-state index in [2.05, 4.69) is 6.92 Å². The first-order valence-electron chi connectivity index (χ1n) is 14.7. The van der Waals surface area contributed by atoms with Crippen molar-refractivity contribution in [2.75, 3.05) is 6.61 Å². The number of nitro benzene ring substituents is 3. The third kappa shape index (κ3) is 8.17. The molecule has 1 aliphatic carbocycles. The molecule has 0 aromatic heterocycles. The first-order valence-corrected chi connectivity index (χ1v) is 14.7. The standard InChI is InChI=1S/C30H37N3O9/c1-2-3-4-5-6-7-8-9-10-11-12-13-14-15-16-42-30(35)25-19-21(31(36)37)17-23-27(25)28-24(29(23)34)18-22(32(38)39)20-26(28)33(40)41/h17-20H,2-16H2,1H3. The number of rotatable bonds is 19. The van der Waals surface area contributed by atoms with Crippen molar-refractivity contribution in [1.29, 1.82) is 0 Å². The second-order valence-corrected chi connectivity index (χ2v) is 10.6. The molecule has 0 unspecified atom stereocenters. The highest BCUT2D eigenvalue weighted by Gasteiger charge is 2.40. The van der Waals surface area contributed by atoms with E-state index in [-0.39, 0.29) is 34.4 Å². The van der Waals surface area contributed by atoms with Crippen LogP contribution >= 0.6 is 0 Å². The molecule has 0 spiro atoms. The lowest BCUT2D eigenvalue weighted by Crippen LogP contribution is -2.10. The average molecular weight is 584 g/mol. The van der Waals surface area contributed by atoms with Crippen LogP contribution in [0.25, 0.3) is 11.1 Å². The van der Waals surface area contributed by atoms with E-state index in [1.165, 1.54) is 57.8 Å². The molecule has 0 saturated carbocycles. The number of ketones is 1. The molecule has 0 atom stereocenters. The van der Waals surface area contributed by atoms with E-state index in [4.69, 9.17) is 4.74 Å². The van der Waals surface area contributed by atoms with Crippen molar-refractivity contribution in [3.05, 3.63) is 71.3 Å². The van der Waals surface area contributed by atoms with Crippen molar-refractivity contribution in [2.24, 2.45) is 0 Å². The van der Waals surface area contributed by atoms with Crippen molar-refractivity contribution in [1.82, 2.24) is 0 Å². The Kier molecular flexibility index (Phi) is 12.1. The number of nitro groups is 3. The molecule has 1 aliphatic rings. The molecule has 0 amide bonds. The van der Waals surface area contributed by atoms with Crippen LogP contribution in [0.3, 0.4) is 0 Å². The number of hydrogen-bond acceptors (Lipinski definition) is 9. The molecular formula is C30H37N3O9. The Bertz CT molecular complexity index is 1340. The second-order valence-electron chi connectivity index (χ2n) is 10.6. The molecule has 0 aliphatic heterocycles. The summed E-state index contributed by atoms with van der Waals surface area (Å²) >= 11 is 0. The minimum Gasteiger partial charge on any atom is -0.462 e. The van der Waals surface area contributed by atoms with E-state index in [1.54, 1.807) is 0 Å². The molecular weight excluding hydrogens is 546 g/mol. The largest absolute Gasteiger partial charge is 0.462 e. The predicted molar refractivity (Wildman–Crippen MR) is 156 cm³/mol. The Morgan fingerprint density at radius 1 is 0.643 bits per heavy atom. The summed E-state index contributed by atoms with van der Waals surface area (Å²) in [5.74, 6) is -1.84. The molecule has 0 bridgehead atoms. The van der Waals surface area contributed by atoms with Crippen LogP contribution in [0.2, 0.25) is 0 Å². The van der Waals surface area contributed by atoms with Crippen LogP contribution < -0.4 is 0 Å². The Hall–Kier alpha value is -4.22. The number of hydrogen-bond donors (Lipinski definition) is 0. The van der Waals surface area contributed by atoms with Crippen molar-refractivity contribution < 1.29 is 29.1 Å². The Labute approximate surface area is 243 Å². The molecule has 12 nitrogen and oxygen atoms in total. The van der Waals surface area contributed by atoms with Crippen molar-refractivity contribution in [3.8, 4) is 11.1 Å². The summed E-state index contributed by atoms with van der Waals surface area (Å²) in [6, 6.07) is 3.41. The molecule has 226 valence electrons. The predicted octanol–water partition coefficient (Wildman–Crippen LogP) is 8.26. The first-order chi connectivity index (χ1) is 20.2. The maximum absolute atomic E-state index is 13.1. The smallest absolute Gasteiger partial charge is 0.339 e. The van der Waals surface area contributed by atoms with Gasteiger partial charge in [-0.2, -0.15) is 0 Å². The maximum Gasteiger partial charge on any atom is 0.339 e. The van der Waals surface area contributed by atoms with Gasteiger partial charge < -0.3 is 4.74 Å².